The second-order valence-electron chi connectivity index (χ2n) is 3.89. The van der Waals surface area contributed by atoms with Gasteiger partial charge in [-0.3, -0.25) is 9.59 Å². The summed E-state index contributed by atoms with van der Waals surface area (Å²) in [4.78, 5) is 22.4. The van der Waals surface area contributed by atoms with E-state index in [4.69, 9.17) is 5.11 Å². The molecule has 17 heavy (non-hydrogen) atoms. The fourth-order valence-corrected chi connectivity index (χ4v) is 1.46. The zero-order valence-electron chi connectivity index (χ0n) is 9.75. The first-order valence-corrected chi connectivity index (χ1v) is 5.24. The average molecular weight is 255 g/mol. The van der Waals surface area contributed by atoms with Crippen molar-refractivity contribution in [2.24, 2.45) is 5.92 Å². The second kappa shape index (κ2) is 6.46. The Balaban J connectivity index is 4.67. The van der Waals surface area contributed by atoms with Crippen LogP contribution in [-0.4, -0.2) is 41.1 Å². The van der Waals surface area contributed by atoms with Gasteiger partial charge in [0.05, 0.1) is 0 Å². The molecule has 0 aliphatic rings. The molecule has 0 aliphatic carbocycles. The maximum absolute atomic E-state index is 12.2. The van der Waals surface area contributed by atoms with E-state index in [0.717, 1.165) is 0 Å². The SMILES string of the molecule is CCCC(C)C(=O)N(CC(=O)O)CC(F)(F)F. The molecule has 0 heterocycles. The number of aliphatic carboxylic acids is 1. The largest absolute Gasteiger partial charge is 0.480 e. The molecule has 7 heteroatoms. The van der Waals surface area contributed by atoms with Crippen molar-refractivity contribution in [2.75, 3.05) is 13.1 Å². The van der Waals surface area contributed by atoms with E-state index < -0.39 is 37.1 Å². The van der Waals surface area contributed by atoms with Crippen LogP contribution < -0.4 is 0 Å². The number of nitrogens with zero attached hydrogens (tertiary/aromatic N) is 1. The summed E-state index contributed by atoms with van der Waals surface area (Å²) in [5, 5.41) is 8.48. The molecular formula is C10H16F3NO3. The van der Waals surface area contributed by atoms with Crippen LogP contribution in [0.1, 0.15) is 26.7 Å². The normalized spacial score (nSPS) is 13.2. The Labute approximate surface area is 97.4 Å². The lowest BCUT2D eigenvalue weighted by Gasteiger charge is -2.25. The Hall–Kier alpha value is -1.27. The Morgan fingerprint density at radius 2 is 1.88 bits per heavy atom. The molecule has 0 saturated carbocycles. The maximum atomic E-state index is 12.2. The number of hydrogen-bond acceptors (Lipinski definition) is 2. The van der Waals surface area contributed by atoms with E-state index in [1.54, 1.807) is 6.92 Å². The molecule has 0 radical (unpaired) electrons. The Morgan fingerprint density at radius 3 is 2.24 bits per heavy atom. The van der Waals surface area contributed by atoms with Gasteiger partial charge in [-0.15, -0.1) is 0 Å². The number of carboxylic acid groups (broad SMARTS) is 1. The molecule has 0 spiro atoms. The third-order valence-electron chi connectivity index (χ3n) is 2.15. The van der Waals surface area contributed by atoms with Crippen molar-refractivity contribution in [1.82, 2.24) is 4.90 Å². The smallest absolute Gasteiger partial charge is 0.406 e. The highest BCUT2D eigenvalue weighted by molar-refractivity contribution is 5.82. The van der Waals surface area contributed by atoms with Crippen molar-refractivity contribution in [1.29, 1.82) is 0 Å². The highest BCUT2D eigenvalue weighted by Crippen LogP contribution is 2.19. The number of halogens is 3. The van der Waals surface area contributed by atoms with Gasteiger partial charge in [-0.05, 0) is 6.42 Å². The van der Waals surface area contributed by atoms with Crippen LogP contribution in [0.2, 0.25) is 0 Å². The van der Waals surface area contributed by atoms with Crippen LogP contribution in [0.15, 0.2) is 0 Å². The van der Waals surface area contributed by atoms with Crippen molar-refractivity contribution in [3.8, 4) is 0 Å². The number of carboxylic acids is 1. The fourth-order valence-electron chi connectivity index (χ4n) is 1.46. The van der Waals surface area contributed by atoms with Crippen molar-refractivity contribution in [2.45, 2.75) is 32.9 Å². The van der Waals surface area contributed by atoms with Gasteiger partial charge in [-0.25, -0.2) is 0 Å². The fraction of sp³-hybridized carbons (Fsp3) is 0.800. The molecule has 0 aliphatic heterocycles. The number of carbonyl (C=O) groups excluding carboxylic acids is 1. The minimum Gasteiger partial charge on any atom is -0.480 e. The molecule has 0 rings (SSSR count). The van der Waals surface area contributed by atoms with Gasteiger partial charge in [-0.1, -0.05) is 20.3 Å². The van der Waals surface area contributed by atoms with Crippen molar-refractivity contribution < 1.29 is 27.9 Å². The van der Waals surface area contributed by atoms with E-state index in [1.165, 1.54) is 6.92 Å². The monoisotopic (exact) mass is 255 g/mol. The van der Waals surface area contributed by atoms with Crippen LogP contribution in [0.5, 0.6) is 0 Å². The maximum Gasteiger partial charge on any atom is 0.406 e. The number of hydrogen-bond donors (Lipinski definition) is 1. The van der Waals surface area contributed by atoms with Crippen molar-refractivity contribution in [3.63, 3.8) is 0 Å². The molecule has 0 aromatic heterocycles. The first-order chi connectivity index (χ1) is 7.67. The van der Waals surface area contributed by atoms with Crippen LogP contribution in [0.3, 0.4) is 0 Å². The van der Waals surface area contributed by atoms with E-state index >= 15 is 0 Å². The van der Waals surface area contributed by atoms with Crippen molar-refractivity contribution in [3.05, 3.63) is 0 Å². The Morgan fingerprint density at radius 1 is 1.35 bits per heavy atom. The standard InChI is InChI=1S/C10H16F3NO3/c1-3-4-7(2)9(17)14(5-8(15)16)6-10(11,12)13/h7H,3-6H2,1-2H3,(H,15,16). The Kier molecular flexibility index (Phi) is 5.98. The summed E-state index contributed by atoms with van der Waals surface area (Å²) >= 11 is 0. The predicted molar refractivity (Wildman–Crippen MR) is 54.3 cm³/mol. The first-order valence-electron chi connectivity index (χ1n) is 5.24. The third kappa shape index (κ3) is 6.80. The van der Waals surface area contributed by atoms with E-state index in [1.807, 2.05) is 0 Å². The van der Waals surface area contributed by atoms with Gasteiger partial charge in [0.15, 0.2) is 0 Å². The lowest BCUT2D eigenvalue weighted by molar-refractivity contribution is -0.167. The summed E-state index contributed by atoms with van der Waals surface area (Å²) in [7, 11) is 0. The summed E-state index contributed by atoms with van der Waals surface area (Å²) in [5.74, 6) is -2.82. The zero-order chi connectivity index (χ0) is 13.6. The molecule has 100 valence electrons. The molecule has 1 atom stereocenters. The summed E-state index contributed by atoms with van der Waals surface area (Å²) in [6, 6.07) is 0. The van der Waals surface area contributed by atoms with Gasteiger partial charge in [0.25, 0.3) is 0 Å². The van der Waals surface area contributed by atoms with Gasteiger partial charge in [-0.2, -0.15) is 13.2 Å². The van der Waals surface area contributed by atoms with Gasteiger partial charge >= 0.3 is 12.1 Å². The number of carbonyl (C=O) groups is 2. The second-order valence-corrected chi connectivity index (χ2v) is 3.89. The van der Waals surface area contributed by atoms with Gasteiger partial charge < -0.3 is 10.0 Å². The number of alkyl halides is 3. The first kappa shape index (κ1) is 15.7. The highest BCUT2D eigenvalue weighted by Gasteiger charge is 2.35. The highest BCUT2D eigenvalue weighted by atomic mass is 19.4. The molecule has 1 unspecified atom stereocenters. The van der Waals surface area contributed by atoms with E-state index in [0.29, 0.717) is 17.7 Å². The van der Waals surface area contributed by atoms with Gasteiger partial charge in [0, 0.05) is 5.92 Å². The molecule has 0 saturated heterocycles. The molecule has 0 aromatic rings. The molecule has 0 fully saturated rings. The van der Waals surface area contributed by atoms with Crippen LogP contribution in [-0.2, 0) is 9.59 Å². The molecular weight excluding hydrogens is 239 g/mol. The summed E-state index contributed by atoms with van der Waals surface area (Å²) in [6.45, 7) is 0.852. The quantitative estimate of drug-likeness (QED) is 0.788. The topological polar surface area (TPSA) is 57.6 Å². The van der Waals surface area contributed by atoms with Crippen molar-refractivity contribution >= 4 is 11.9 Å². The lowest BCUT2D eigenvalue weighted by Crippen LogP contribution is -2.44. The van der Waals surface area contributed by atoms with E-state index in [-0.39, 0.29) is 0 Å². The zero-order valence-corrected chi connectivity index (χ0v) is 9.75. The lowest BCUT2D eigenvalue weighted by atomic mass is 10.0. The van der Waals surface area contributed by atoms with Crippen LogP contribution in [0.25, 0.3) is 0 Å². The number of amides is 1. The van der Waals surface area contributed by atoms with Crippen LogP contribution in [0.4, 0.5) is 13.2 Å². The van der Waals surface area contributed by atoms with Gasteiger partial charge in [0.1, 0.15) is 13.1 Å². The van der Waals surface area contributed by atoms with E-state index in [2.05, 4.69) is 0 Å². The summed E-state index contributed by atoms with van der Waals surface area (Å²) < 4.78 is 36.5. The Bertz CT molecular complexity index is 278. The minimum absolute atomic E-state index is 0.336. The number of rotatable bonds is 6. The van der Waals surface area contributed by atoms with Gasteiger partial charge in [0.2, 0.25) is 5.91 Å². The molecule has 1 N–H and O–H groups in total. The molecule has 1 amide bonds. The van der Waals surface area contributed by atoms with E-state index in [9.17, 15) is 22.8 Å². The van der Waals surface area contributed by atoms with Crippen LogP contribution >= 0.6 is 0 Å². The third-order valence-corrected chi connectivity index (χ3v) is 2.15. The average Bonchev–Trinajstić information content (AvgIpc) is 2.13. The predicted octanol–water partition coefficient (Wildman–Crippen LogP) is 1.90. The minimum atomic E-state index is -4.59. The van der Waals surface area contributed by atoms with Crippen LogP contribution in [0, 0.1) is 5.92 Å². The molecule has 0 aromatic carbocycles. The summed E-state index contributed by atoms with van der Waals surface area (Å²) in [5.41, 5.74) is 0. The summed E-state index contributed by atoms with van der Waals surface area (Å²) in [6.07, 6.45) is -3.50. The molecule has 0 bridgehead atoms. The molecule has 4 nitrogen and oxygen atoms in total.